The minimum atomic E-state index is -2.64. The van der Waals surface area contributed by atoms with Crippen molar-refractivity contribution in [3.63, 3.8) is 0 Å². The SMILES string of the molecule is N=S1(=O)[C-]=NC=C1. The van der Waals surface area contributed by atoms with Crippen molar-refractivity contribution < 1.29 is 4.21 Å². The zero-order valence-corrected chi connectivity index (χ0v) is 4.23. The van der Waals surface area contributed by atoms with E-state index < -0.39 is 9.73 Å². The monoisotopic (exact) mass is 115 g/mol. The summed E-state index contributed by atoms with van der Waals surface area (Å²) in [6, 6.07) is 0. The first-order chi connectivity index (χ1) is 3.21. The van der Waals surface area contributed by atoms with E-state index in [2.05, 4.69) is 10.5 Å². The van der Waals surface area contributed by atoms with Crippen molar-refractivity contribution >= 4 is 15.3 Å². The lowest BCUT2D eigenvalue weighted by Crippen LogP contribution is -1.85. The van der Waals surface area contributed by atoms with Gasteiger partial charge in [-0.15, -0.1) is 6.20 Å². The fraction of sp³-hybridized carbons (Fsp3) is 0. The summed E-state index contributed by atoms with van der Waals surface area (Å²) >= 11 is 0. The van der Waals surface area contributed by atoms with Gasteiger partial charge in [0.15, 0.2) is 0 Å². The van der Waals surface area contributed by atoms with E-state index in [-0.39, 0.29) is 0 Å². The van der Waals surface area contributed by atoms with Gasteiger partial charge in [0, 0.05) is 9.73 Å². The Hall–Kier alpha value is -0.640. The Morgan fingerprint density at radius 2 is 2.57 bits per heavy atom. The summed E-state index contributed by atoms with van der Waals surface area (Å²) in [5.41, 5.74) is 2.10. The van der Waals surface area contributed by atoms with Gasteiger partial charge in [-0.1, -0.05) is 11.0 Å². The molecule has 0 saturated heterocycles. The van der Waals surface area contributed by atoms with E-state index in [1.165, 1.54) is 11.6 Å². The summed E-state index contributed by atoms with van der Waals surface area (Å²) in [5, 5.41) is 1.22. The molecule has 0 aromatic rings. The molecule has 0 amide bonds. The average Bonchev–Trinajstić information content (AvgIpc) is 1.84. The zero-order chi connectivity index (χ0) is 5.33. The van der Waals surface area contributed by atoms with Gasteiger partial charge in [0.25, 0.3) is 0 Å². The predicted molar refractivity (Wildman–Crippen MR) is 27.4 cm³/mol. The maximum atomic E-state index is 10.4. The van der Waals surface area contributed by atoms with Crippen LogP contribution < -0.4 is 0 Å². The second-order valence-electron chi connectivity index (χ2n) is 1.11. The highest BCUT2D eigenvalue weighted by molar-refractivity contribution is 8.08. The molecule has 1 atom stereocenters. The summed E-state index contributed by atoms with van der Waals surface area (Å²) < 4.78 is 17.1. The minimum Gasteiger partial charge on any atom is -0.448 e. The molecule has 0 aromatic heterocycles. The third kappa shape index (κ3) is 0.866. The molecule has 0 aromatic carbocycles. The summed E-state index contributed by atoms with van der Waals surface area (Å²) in [4.78, 5) is 3.34. The predicted octanol–water partition coefficient (Wildman–Crippen LogP) is 0.423. The van der Waals surface area contributed by atoms with E-state index in [0.717, 1.165) is 0 Å². The van der Waals surface area contributed by atoms with Crippen LogP contribution in [-0.4, -0.2) is 9.76 Å². The third-order valence-electron chi connectivity index (χ3n) is 0.515. The number of hydrogen-bond acceptors (Lipinski definition) is 3. The third-order valence-corrected chi connectivity index (χ3v) is 1.40. The molecule has 0 saturated carbocycles. The van der Waals surface area contributed by atoms with Gasteiger partial charge in [-0.3, -0.25) is 8.99 Å². The number of rotatable bonds is 0. The van der Waals surface area contributed by atoms with Crippen LogP contribution in [0.25, 0.3) is 0 Å². The maximum Gasteiger partial charge on any atom is 0.0108 e. The molecular weight excluding hydrogens is 112 g/mol. The van der Waals surface area contributed by atoms with Gasteiger partial charge in [-0.05, 0) is 0 Å². The van der Waals surface area contributed by atoms with Gasteiger partial charge in [-0.25, -0.2) is 0 Å². The van der Waals surface area contributed by atoms with E-state index in [1.54, 1.807) is 0 Å². The Morgan fingerprint density at radius 3 is 2.71 bits per heavy atom. The lowest BCUT2D eigenvalue weighted by Gasteiger charge is -1.86. The summed E-state index contributed by atoms with van der Waals surface area (Å²) in [6.07, 6.45) is 1.31. The van der Waals surface area contributed by atoms with Gasteiger partial charge >= 0.3 is 0 Å². The van der Waals surface area contributed by atoms with Crippen LogP contribution in [0.5, 0.6) is 0 Å². The lowest BCUT2D eigenvalue weighted by molar-refractivity contribution is 0.688. The smallest absolute Gasteiger partial charge is 0.0108 e. The molecule has 3 nitrogen and oxygen atoms in total. The van der Waals surface area contributed by atoms with E-state index in [9.17, 15) is 4.21 Å². The molecule has 0 bridgehead atoms. The van der Waals surface area contributed by atoms with Crippen LogP contribution in [0, 0.1) is 4.78 Å². The quantitative estimate of drug-likeness (QED) is 0.457. The van der Waals surface area contributed by atoms with Gasteiger partial charge in [-0.2, -0.15) is 0 Å². The second-order valence-corrected chi connectivity index (χ2v) is 2.76. The molecule has 1 heterocycles. The molecule has 1 aliphatic heterocycles. The van der Waals surface area contributed by atoms with Crippen LogP contribution in [0.15, 0.2) is 16.6 Å². The fourth-order valence-corrected chi connectivity index (χ4v) is 0.766. The van der Waals surface area contributed by atoms with Crippen LogP contribution in [0.2, 0.25) is 0 Å². The van der Waals surface area contributed by atoms with Crippen LogP contribution in [0.4, 0.5) is 0 Å². The van der Waals surface area contributed by atoms with Crippen LogP contribution >= 0.6 is 0 Å². The first kappa shape index (κ1) is 4.52. The van der Waals surface area contributed by atoms with Crippen molar-refractivity contribution in [2.45, 2.75) is 0 Å². The van der Waals surface area contributed by atoms with E-state index in [4.69, 9.17) is 4.78 Å². The lowest BCUT2D eigenvalue weighted by atomic mass is 11.1. The van der Waals surface area contributed by atoms with Crippen molar-refractivity contribution in [3.05, 3.63) is 11.6 Å². The van der Waals surface area contributed by atoms with E-state index in [0.29, 0.717) is 0 Å². The van der Waals surface area contributed by atoms with E-state index in [1.807, 2.05) is 0 Å². The molecule has 0 spiro atoms. The highest BCUT2D eigenvalue weighted by Gasteiger charge is 1.85. The number of nitrogens with zero attached hydrogens (tertiary/aromatic N) is 1. The Kier molecular flexibility index (Phi) is 0.751. The van der Waals surface area contributed by atoms with Crippen molar-refractivity contribution in [3.8, 4) is 0 Å². The largest absolute Gasteiger partial charge is 0.448 e. The fourth-order valence-electron chi connectivity index (χ4n) is 0.255. The average molecular weight is 115 g/mol. The van der Waals surface area contributed by atoms with E-state index >= 15 is 0 Å². The van der Waals surface area contributed by atoms with Crippen molar-refractivity contribution in [1.82, 2.24) is 0 Å². The Bertz CT molecular complexity index is 193. The normalized spacial score (nSPS) is 37.1. The first-order valence-electron chi connectivity index (χ1n) is 1.63. The standard InChI is InChI=1S/C3H3N2OS/c4-7(6)2-1-5-3-7/h1-2,4H/q-1. The molecule has 1 rings (SSSR count). The molecule has 4 heteroatoms. The Balaban J connectivity index is 3.25. The van der Waals surface area contributed by atoms with Crippen LogP contribution in [0.1, 0.15) is 0 Å². The van der Waals surface area contributed by atoms with Crippen molar-refractivity contribution in [2.24, 2.45) is 4.99 Å². The molecular formula is C3H3N2OS-. The maximum absolute atomic E-state index is 10.4. The number of nitrogens with one attached hydrogen (secondary N) is 1. The summed E-state index contributed by atoms with van der Waals surface area (Å²) in [7, 11) is -2.64. The van der Waals surface area contributed by atoms with Crippen molar-refractivity contribution in [1.29, 1.82) is 4.78 Å². The Morgan fingerprint density at radius 1 is 1.86 bits per heavy atom. The molecule has 0 aliphatic carbocycles. The van der Waals surface area contributed by atoms with Gasteiger partial charge in [0.1, 0.15) is 0 Å². The zero-order valence-electron chi connectivity index (χ0n) is 3.42. The highest BCUT2D eigenvalue weighted by atomic mass is 32.2. The molecule has 1 N–H and O–H groups in total. The molecule has 38 valence electrons. The Labute approximate surface area is 41.7 Å². The van der Waals surface area contributed by atoms with Crippen LogP contribution in [0.3, 0.4) is 0 Å². The molecule has 0 radical (unpaired) electrons. The first-order valence-corrected chi connectivity index (χ1v) is 3.25. The summed E-state index contributed by atoms with van der Waals surface area (Å²) in [5.74, 6) is 0. The topological polar surface area (TPSA) is 53.3 Å². The molecule has 7 heavy (non-hydrogen) atoms. The number of aliphatic imine (C=N–C) groups is 1. The van der Waals surface area contributed by atoms with Crippen molar-refractivity contribution in [2.75, 3.05) is 0 Å². The molecule has 1 aliphatic rings. The number of hydrogen-bond donors (Lipinski definition) is 1. The molecule has 1 unspecified atom stereocenters. The minimum absolute atomic E-state index is 1.22. The molecule has 0 fully saturated rings. The van der Waals surface area contributed by atoms with Gasteiger partial charge in [0.05, 0.1) is 0 Å². The second kappa shape index (κ2) is 1.16. The summed E-state index contributed by atoms with van der Waals surface area (Å²) in [6.45, 7) is 0. The highest BCUT2D eigenvalue weighted by Crippen LogP contribution is 1.96. The van der Waals surface area contributed by atoms with Crippen LogP contribution in [-0.2, 0) is 9.73 Å². The van der Waals surface area contributed by atoms with Gasteiger partial charge in [0.2, 0.25) is 0 Å². The van der Waals surface area contributed by atoms with Gasteiger partial charge < -0.3 is 4.99 Å².